The quantitative estimate of drug-likeness (QED) is 0.224. The van der Waals surface area contributed by atoms with E-state index in [-0.39, 0.29) is 0 Å². The van der Waals surface area contributed by atoms with Crippen LogP contribution in [0.5, 0.6) is 0 Å². The molecule has 0 fully saturated rings. The minimum Gasteiger partial charge on any atom is -0.309 e. The average molecular weight is 506 g/mol. The Labute approximate surface area is 227 Å². The van der Waals surface area contributed by atoms with Crippen LogP contribution in [0.4, 0.5) is 0 Å². The molecule has 1 nitrogen and oxygen atoms in total. The molecule has 0 N–H and O–H groups in total. The topological polar surface area (TPSA) is 4.93 Å². The first-order valence-corrected chi connectivity index (χ1v) is 13.2. The first-order valence-electron chi connectivity index (χ1n) is 12.8. The fourth-order valence-corrected chi connectivity index (χ4v) is 5.63. The molecule has 1 heterocycles. The molecule has 0 atom stereocenters. The summed E-state index contributed by atoms with van der Waals surface area (Å²) < 4.78 is 2.37. The summed E-state index contributed by atoms with van der Waals surface area (Å²) in [6.45, 7) is 0. The van der Waals surface area contributed by atoms with Crippen LogP contribution >= 0.6 is 11.6 Å². The zero-order valence-electron chi connectivity index (χ0n) is 20.7. The standard InChI is InChI=1S/C36H24ClN/c37-30-20-18-26(19-21-30)28-22-27(25-10-3-1-4-11-25)23-29(24-28)32-15-9-17-35-36(32)33-14-7-8-16-34(33)38(35)31-12-5-2-6-13-31/h1-24H. The van der Waals surface area contributed by atoms with Crippen LogP contribution in [0.25, 0.3) is 60.9 Å². The van der Waals surface area contributed by atoms with Gasteiger partial charge >= 0.3 is 0 Å². The van der Waals surface area contributed by atoms with E-state index in [9.17, 15) is 0 Å². The molecule has 0 unspecified atom stereocenters. The van der Waals surface area contributed by atoms with Gasteiger partial charge in [0.25, 0.3) is 0 Å². The van der Waals surface area contributed by atoms with E-state index in [4.69, 9.17) is 11.6 Å². The van der Waals surface area contributed by atoms with Crippen molar-refractivity contribution >= 4 is 33.4 Å². The van der Waals surface area contributed by atoms with Gasteiger partial charge in [0, 0.05) is 21.5 Å². The number of halogens is 1. The van der Waals surface area contributed by atoms with Crippen molar-refractivity contribution in [2.24, 2.45) is 0 Å². The third-order valence-corrected chi connectivity index (χ3v) is 7.49. The smallest absolute Gasteiger partial charge is 0.0547 e. The second-order valence-electron chi connectivity index (χ2n) is 9.56. The van der Waals surface area contributed by atoms with Gasteiger partial charge in [-0.2, -0.15) is 0 Å². The molecule has 1 aromatic heterocycles. The first-order chi connectivity index (χ1) is 18.8. The Bertz CT molecular complexity index is 1900. The molecule has 180 valence electrons. The van der Waals surface area contributed by atoms with Gasteiger partial charge in [0.15, 0.2) is 0 Å². The van der Waals surface area contributed by atoms with Crippen LogP contribution in [0.3, 0.4) is 0 Å². The van der Waals surface area contributed by atoms with Crippen molar-refractivity contribution in [2.75, 3.05) is 0 Å². The summed E-state index contributed by atoms with van der Waals surface area (Å²) in [5.74, 6) is 0. The molecule has 0 spiro atoms. The maximum Gasteiger partial charge on any atom is 0.0547 e. The molecule has 0 aliphatic carbocycles. The molecule has 0 aliphatic rings. The lowest BCUT2D eigenvalue weighted by molar-refractivity contribution is 1.18. The van der Waals surface area contributed by atoms with Crippen LogP contribution < -0.4 is 0 Å². The van der Waals surface area contributed by atoms with E-state index in [0.29, 0.717) is 0 Å². The number of aromatic nitrogens is 1. The predicted molar refractivity (Wildman–Crippen MR) is 162 cm³/mol. The van der Waals surface area contributed by atoms with Crippen molar-refractivity contribution < 1.29 is 0 Å². The van der Waals surface area contributed by atoms with Crippen LogP contribution in [0.1, 0.15) is 0 Å². The van der Waals surface area contributed by atoms with Gasteiger partial charge in [0.2, 0.25) is 0 Å². The Balaban J connectivity index is 1.54. The molecule has 0 radical (unpaired) electrons. The van der Waals surface area contributed by atoms with E-state index < -0.39 is 0 Å². The number of fused-ring (bicyclic) bond motifs is 3. The normalized spacial score (nSPS) is 11.3. The van der Waals surface area contributed by atoms with Crippen molar-refractivity contribution in [3.05, 3.63) is 151 Å². The Morgan fingerprint density at radius 3 is 1.74 bits per heavy atom. The number of para-hydroxylation sites is 2. The van der Waals surface area contributed by atoms with Crippen molar-refractivity contribution in [3.63, 3.8) is 0 Å². The molecule has 0 bridgehead atoms. The number of benzene rings is 6. The van der Waals surface area contributed by atoms with Gasteiger partial charge in [-0.3, -0.25) is 0 Å². The zero-order chi connectivity index (χ0) is 25.5. The maximum absolute atomic E-state index is 6.22. The Hall–Kier alpha value is -4.59. The van der Waals surface area contributed by atoms with Crippen LogP contribution in [0, 0.1) is 0 Å². The van der Waals surface area contributed by atoms with Gasteiger partial charge in [0.1, 0.15) is 0 Å². The van der Waals surface area contributed by atoms with E-state index in [2.05, 4.69) is 138 Å². The molecule has 7 rings (SSSR count). The molecule has 2 heteroatoms. The van der Waals surface area contributed by atoms with Gasteiger partial charge < -0.3 is 4.57 Å². The van der Waals surface area contributed by atoms with Crippen molar-refractivity contribution in [2.45, 2.75) is 0 Å². The van der Waals surface area contributed by atoms with Crippen molar-refractivity contribution in [3.8, 4) is 39.1 Å². The number of hydrogen-bond acceptors (Lipinski definition) is 0. The van der Waals surface area contributed by atoms with Gasteiger partial charge in [-0.15, -0.1) is 0 Å². The van der Waals surface area contributed by atoms with Crippen LogP contribution in [0.15, 0.2) is 146 Å². The minimum absolute atomic E-state index is 0.742. The minimum atomic E-state index is 0.742. The summed E-state index contributed by atoms with van der Waals surface area (Å²) >= 11 is 6.22. The van der Waals surface area contributed by atoms with Crippen molar-refractivity contribution in [1.29, 1.82) is 0 Å². The molecule has 7 aromatic rings. The second-order valence-corrected chi connectivity index (χ2v) is 10.00. The lowest BCUT2D eigenvalue weighted by Crippen LogP contribution is -1.93. The molecule has 0 saturated carbocycles. The Morgan fingerprint density at radius 2 is 1.00 bits per heavy atom. The predicted octanol–water partition coefficient (Wildman–Crippen LogP) is 10.4. The zero-order valence-corrected chi connectivity index (χ0v) is 21.4. The van der Waals surface area contributed by atoms with Gasteiger partial charge in [-0.1, -0.05) is 103 Å². The van der Waals surface area contributed by atoms with Crippen molar-refractivity contribution in [1.82, 2.24) is 4.57 Å². The second kappa shape index (κ2) is 9.37. The highest BCUT2D eigenvalue weighted by molar-refractivity contribution is 6.30. The van der Waals surface area contributed by atoms with Gasteiger partial charge in [-0.25, -0.2) is 0 Å². The monoisotopic (exact) mass is 505 g/mol. The highest BCUT2D eigenvalue weighted by Gasteiger charge is 2.17. The number of nitrogens with zero attached hydrogens (tertiary/aromatic N) is 1. The van der Waals surface area contributed by atoms with Crippen LogP contribution in [-0.4, -0.2) is 4.57 Å². The average Bonchev–Trinajstić information content (AvgIpc) is 3.33. The summed E-state index contributed by atoms with van der Waals surface area (Å²) in [5, 5.41) is 3.26. The SMILES string of the molecule is Clc1ccc(-c2cc(-c3ccccc3)cc(-c3cccc4c3c3ccccc3n4-c3ccccc3)c2)cc1. The summed E-state index contributed by atoms with van der Waals surface area (Å²) in [5.41, 5.74) is 10.7. The summed E-state index contributed by atoms with van der Waals surface area (Å²) in [6, 6.07) is 51.6. The molecular weight excluding hydrogens is 482 g/mol. The highest BCUT2D eigenvalue weighted by Crippen LogP contribution is 2.41. The van der Waals surface area contributed by atoms with Gasteiger partial charge in [-0.05, 0) is 88.0 Å². The van der Waals surface area contributed by atoms with E-state index in [1.54, 1.807) is 0 Å². The third kappa shape index (κ3) is 3.89. The fourth-order valence-electron chi connectivity index (χ4n) is 5.50. The first kappa shape index (κ1) is 22.6. The molecular formula is C36H24ClN. The summed E-state index contributed by atoms with van der Waals surface area (Å²) in [4.78, 5) is 0. The fraction of sp³-hybridized carbons (Fsp3) is 0. The highest BCUT2D eigenvalue weighted by atomic mass is 35.5. The molecule has 0 aliphatic heterocycles. The lowest BCUT2D eigenvalue weighted by atomic mass is 9.91. The van der Waals surface area contributed by atoms with E-state index in [1.807, 2.05) is 12.1 Å². The van der Waals surface area contributed by atoms with E-state index in [0.717, 1.165) is 16.3 Å². The van der Waals surface area contributed by atoms with Crippen LogP contribution in [0.2, 0.25) is 5.02 Å². The Morgan fingerprint density at radius 1 is 0.421 bits per heavy atom. The molecule has 6 aromatic carbocycles. The summed E-state index contributed by atoms with van der Waals surface area (Å²) in [6.07, 6.45) is 0. The number of hydrogen-bond donors (Lipinski definition) is 0. The molecule has 38 heavy (non-hydrogen) atoms. The van der Waals surface area contributed by atoms with Crippen LogP contribution in [-0.2, 0) is 0 Å². The van der Waals surface area contributed by atoms with E-state index >= 15 is 0 Å². The Kier molecular flexibility index (Phi) is 5.57. The molecule has 0 saturated heterocycles. The van der Waals surface area contributed by atoms with Gasteiger partial charge in [0.05, 0.1) is 11.0 Å². The summed E-state index contributed by atoms with van der Waals surface area (Å²) in [7, 11) is 0. The lowest BCUT2D eigenvalue weighted by Gasteiger charge is -2.13. The van der Waals surface area contributed by atoms with E-state index in [1.165, 1.54) is 49.6 Å². The largest absolute Gasteiger partial charge is 0.309 e. The molecule has 0 amide bonds. The third-order valence-electron chi connectivity index (χ3n) is 7.24. The maximum atomic E-state index is 6.22. The number of rotatable bonds is 4.